The molecule has 0 spiro atoms. The van der Waals surface area contributed by atoms with Gasteiger partial charge in [0, 0.05) is 22.1 Å². The van der Waals surface area contributed by atoms with E-state index in [1.165, 1.54) is 36.1 Å². The Hall–Kier alpha value is -0.630. The number of carbonyl (C=O) groups is 1. The highest BCUT2D eigenvalue weighted by Gasteiger charge is 2.29. The Morgan fingerprint density at radius 1 is 1.33 bits per heavy atom. The molecule has 1 fully saturated rings. The van der Waals surface area contributed by atoms with Crippen LogP contribution >= 0.6 is 11.3 Å². The molecule has 80 valence electrons. The Bertz CT molecular complexity index is 364. The number of hydrogen-bond acceptors (Lipinski definition) is 2. The van der Waals surface area contributed by atoms with Crippen molar-refractivity contribution in [3.05, 3.63) is 21.4 Å². The highest BCUT2D eigenvalue weighted by molar-refractivity contribution is 7.12. The third-order valence-corrected chi connectivity index (χ3v) is 4.67. The Balaban J connectivity index is 1.74. The molecular formula is C13H16OS. The second-order valence-electron chi connectivity index (χ2n) is 4.79. The maximum atomic E-state index is 11.7. The van der Waals surface area contributed by atoms with Gasteiger partial charge in [-0.25, -0.2) is 0 Å². The minimum absolute atomic E-state index is 0.420. The van der Waals surface area contributed by atoms with Gasteiger partial charge < -0.3 is 0 Å². The topological polar surface area (TPSA) is 17.1 Å². The van der Waals surface area contributed by atoms with Gasteiger partial charge >= 0.3 is 0 Å². The molecule has 2 heteroatoms. The lowest BCUT2D eigenvalue weighted by atomic mass is 9.99. The van der Waals surface area contributed by atoms with Crippen LogP contribution in [0.15, 0.2) is 6.07 Å². The summed E-state index contributed by atoms with van der Waals surface area (Å²) in [4.78, 5) is 14.6. The van der Waals surface area contributed by atoms with E-state index in [0.717, 1.165) is 12.8 Å². The van der Waals surface area contributed by atoms with E-state index in [0.29, 0.717) is 18.1 Å². The summed E-state index contributed by atoms with van der Waals surface area (Å²) in [5.74, 6) is 0.901. The molecule has 2 aliphatic rings. The molecule has 1 saturated carbocycles. The van der Waals surface area contributed by atoms with Crippen LogP contribution < -0.4 is 0 Å². The Morgan fingerprint density at radius 3 is 2.87 bits per heavy atom. The van der Waals surface area contributed by atoms with Crippen LogP contribution in [0, 0.1) is 5.92 Å². The zero-order valence-corrected chi connectivity index (χ0v) is 9.74. The minimum atomic E-state index is 0.420. The fourth-order valence-electron chi connectivity index (χ4n) is 2.36. The Morgan fingerprint density at radius 2 is 2.13 bits per heavy atom. The van der Waals surface area contributed by atoms with Crippen LogP contribution in [0.25, 0.3) is 0 Å². The lowest BCUT2D eigenvalue weighted by Gasteiger charge is -2.08. The first-order valence-electron chi connectivity index (χ1n) is 5.96. The lowest BCUT2D eigenvalue weighted by molar-refractivity contribution is -0.119. The number of thiophene rings is 1. The number of ketones is 1. The summed E-state index contributed by atoms with van der Waals surface area (Å²) in [6, 6.07) is 2.29. The summed E-state index contributed by atoms with van der Waals surface area (Å²) in [5, 5.41) is 0. The number of rotatable bonds is 3. The first-order valence-corrected chi connectivity index (χ1v) is 6.78. The first kappa shape index (κ1) is 9.59. The van der Waals surface area contributed by atoms with Crippen molar-refractivity contribution in [3.63, 3.8) is 0 Å². The van der Waals surface area contributed by atoms with Crippen LogP contribution in [0.1, 0.15) is 41.0 Å². The summed E-state index contributed by atoms with van der Waals surface area (Å²) in [5.41, 5.74) is 1.53. The molecule has 3 rings (SSSR count). The highest BCUT2D eigenvalue weighted by Crippen LogP contribution is 2.34. The Labute approximate surface area is 94.5 Å². The van der Waals surface area contributed by atoms with Crippen LogP contribution in [0.2, 0.25) is 0 Å². The van der Waals surface area contributed by atoms with E-state index in [1.807, 2.05) is 11.3 Å². The van der Waals surface area contributed by atoms with E-state index < -0.39 is 0 Å². The number of carbonyl (C=O) groups excluding carboxylic acids is 1. The molecular weight excluding hydrogens is 204 g/mol. The highest BCUT2D eigenvalue weighted by atomic mass is 32.1. The summed E-state index contributed by atoms with van der Waals surface area (Å²) in [6.45, 7) is 0. The van der Waals surface area contributed by atoms with Crippen molar-refractivity contribution in [1.82, 2.24) is 0 Å². The molecule has 2 aliphatic carbocycles. The van der Waals surface area contributed by atoms with Crippen molar-refractivity contribution in [3.8, 4) is 0 Å². The van der Waals surface area contributed by atoms with E-state index in [2.05, 4.69) is 6.07 Å². The van der Waals surface area contributed by atoms with Crippen LogP contribution in [0.3, 0.4) is 0 Å². The van der Waals surface area contributed by atoms with Gasteiger partial charge in [-0.3, -0.25) is 4.79 Å². The molecule has 0 amide bonds. The van der Waals surface area contributed by atoms with Crippen LogP contribution in [-0.2, 0) is 24.1 Å². The van der Waals surface area contributed by atoms with Crippen molar-refractivity contribution < 1.29 is 4.79 Å². The number of hydrogen-bond donors (Lipinski definition) is 0. The first-order chi connectivity index (χ1) is 7.33. The van der Waals surface area contributed by atoms with Gasteiger partial charge in [0.25, 0.3) is 0 Å². The maximum absolute atomic E-state index is 11.7. The third kappa shape index (κ3) is 2.00. The van der Waals surface area contributed by atoms with Gasteiger partial charge in [0.1, 0.15) is 5.78 Å². The molecule has 15 heavy (non-hydrogen) atoms. The van der Waals surface area contributed by atoms with Crippen molar-refractivity contribution in [2.75, 3.05) is 0 Å². The van der Waals surface area contributed by atoms with E-state index in [9.17, 15) is 4.79 Å². The van der Waals surface area contributed by atoms with Gasteiger partial charge in [0.2, 0.25) is 0 Å². The third-order valence-electron chi connectivity index (χ3n) is 3.43. The molecule has 0 radical (unpaired) electrons. The summed E-state index contributed by atoms with van der Waals surface area (Å²) in [6.07, 6.45) is 8.15. The molecule has 1 aromatic heterocycles. The summed E-state index contributed by atoms with van der Waals surface area (Å²) >= 11 is 1.89. The molecule has 0 saturated heterocycles. The quantitative estimate of drug-likeness (QED) is 0.764. The predicted molar refractivity (Wildman–Crippen MR) is 62.4 cm³/mol. The molecule has 0 aliphatic heterocycles. The van der Waals surface area contributed by atoms with Gasteiger partial charge in [0.15, 0.2) is 0 Å². The van der Waals surface area contributed by atoms with Crippen molar-refractivity contribution >= 4 is 17.1 Å². The van der Waals surface area contributed by atoms with Gasteiger partial charge in [0.05, 0.1) is 0 Å². The Kier molecular flexibility index (Phi) is 2.39. The van der Waals surface area contributed by atoms with Crippen molar-refractivity contribution in [2.24, 2.45) is 5.92 Å². The normalized spacial score (nSPS) is 20.0. The van der Waals surface area contributed by atoms with Crippen LogP contribution in [0.4, 0.5) is 0 Å². The predicted octanol–water partition coefficient (Wildman–Crippen LogP) is 3.15. The second-order valence-corrected chi connectivity index (χ2v) is 6.01. The zero-order valence-electron chi connectivity index (χ0n) is 8.92. The van der Waals surface area contributed by atoms with Crippen LogP contribution in [0.5, 0.6) is 0 Å². The van der Waals surface area contributed by atoms with Gasteiger partial charge in [-0.15, -0.1) is 11.3 Å². The minimum Gasteiger partial charge on any atom is -0.299 e. The van der Waals surface area contributed by atoms with Gasteiger partial charge in [-0.2, -0.15) is 0 Å². The average Bonchev–Trinajstić information content (AvgIpc) is 2.99. The summed E-state index contributed by atoms with van der Waals surface area (Å²) < 4.78 is 0. The fraction of sp³-hybridized carbons (Fsp3) is 0.615. The van der Waals surface area contributed by atoms with E-state index in [1.54, 1.807) is 4.88 Å². The average molecular weight is 220 g/mol. The largest absolute Gasteiger partial charge is 0.299 e. The lowest BCUT2D eigenvalue weighted by Crippen LogP contribution is -2.02. The molecule has 0 unspecified atom stereocenters. The molecule has 1 nitrogen and oxygen atoms in total. The molecule has 1 heterocycles. The smallest absolute Gasteiger partial charge is 0.141 e. The summed E-state index contributed by atoms with van der Waals surface area (Å²) in [7, 11) is 0. The molecule has 0 atom stereocenters. The zero-order chi connectivity index (χ0) is 10.3. The van der Waals surface area contributed by atoms with E-state index in [4.69, 9.17) is 0 Å². The molecule has 0 aromatic carbocycles. The second kappa shape index (κ2) is 3.75. The molecule has 0 N–H and O–H groups in total. The van der Waals surface area contributed by atoms with Crippen molar-refractivity contribution in [2.45, 2.75) is 44.9 Å². The molecule has 0 bridgehead atoms. The van der Waals surface area contributed by atoms with Gasteiger partial charge in [-0.05, 0) is 50.2 Å². The maximum Gasteiger partial charge on any atom is 0.141 e. The number of aryl methyl sites for hydroxylation is 2. The fourth-order valence-corrected chi connectivity index (χ4v) is 3.63. The van der Waals surface area contributed by atoms with E-state index in [-0.39, 0.29) is 0 Å². The van der Waals surface area contributed by atoms with Crippen molar-refractivity contribution in [1.29, 1.82) is 0 Å². The SMILES string of the molecule is O=C(Cc1cc2c(s1)CCCC2)C1CC1. The van der Waals surface area contributed by atoms with Gasteiger partial charge in [-0.1, -0.05) is 0 Å². The number of fused-ring (bicyclic) bond motifs is 1. The van der Waals surface area contributed by atoms with E-state index >= 15 is 0 Å². The molecule has 1 aromatic rings. The monoisotopic (exact) mass is 220 g/mol. The van der Waals surface area contributed by atoms with Crippen LogP contribution in [-0.4, -0.2) is 5.78 Å². The standard InChI is InChI=1S/C13H16OS/c14-12(9-5-6-9)8-11-7-10-3-1-2-4-13(10)15-11/h7,9H,1-6,8H2. The number of Topliss-reactive ketones (excluding diaryl/α,β-unsaturated/α-hetero) is 1.